The Bertz CT molecular complexity index is 254. The molecule has 2 amide bonds. The van der Waals surface area contributed by atoms with Crippen LogP contribution in [0.4, 0.5) is 0 Å². The molecule has 0 aromatic heterocycles. The monoisotopic (exact) mass is 217 g/mol. The zero-order chi connectivity index (χ0) is 11.8. The molecule has 5 N–H and O–H groups in total. The van der Waals surface area contributed by atoms with Crippen molar-refractivity contribution in [3.8, 4) is 0 Å². The average Bonchev–Trinajstić information content (AvgIpc) is 2.16. The van der Waals surface area contributed by atoms with E-state index in [4.69, 9.17) is 10.8 Å². The molecule has 0 bridgehead atoms. The zero-order valence-electron chi connectivity index (χ0n) is 8.45. The molecule has 0 saturated heterocycles. The predicted octanol–water partition coefficient (Wildman–Crippen LogP) is -1.96. The summed E-state index contributed by atoms with van der Waals surface area (Å²) in [6, 6.07) is -1.08. The van der Waals surface area contributed by atoms with Crippen molar-refractivity contribution in [3.63, 3.8) is 0 Å². The topological polar surface area (TPSA) is 122 Å². The SMILES string of the molecule is CNC(=O)CCNC(=O)C(N)CC(=O)O. The van der Waals surface area contributed by atoms with Gasteiger partial charge in [-0.2, -0.15) is 0 Å². The van der Waals surface area contributed by atoms with Crippen LogP contribution in [-0.2, 0) is 14.4 Å². The van der Waals surface area contributed by atoms with Crippen molar-refractivity contribution < 1.29 is 19.5 Å². The predicted molar refractivity (Wildman–Crippen MR) is 51.9 cm³/mol. The van der Waals surface area contributed by atoms with Crippen LogP contribution in [0.15, 0.2) is 0 Å². The Morgan fingerprint density at radius 3 is 2.47 bits per heavy atom. The van der Waals surface area contributed by atoms with Gasteiger partial charge in [-0.15, -0.1) is 0 Å². The van der Waals surface area contributed by atoms with Crippen molar-refractivity contribution in [1.82, 2.24) is 10.6 Å². The van der Waals surface area contributed by atoms with Crippen LogP contribution in [0.25, 0.3) is 0 Å². The highest BCUT2D eigenvalue weighted by Gasteiger charge is 2.16. The molecule has 7 nitrogen and oxygen atoms in total. The van der Waals surface area contributed by atoms with Gasteiger partial charge in [0.15, 0.2) is 0 Å². The fraction of sp³-hybridized carbons (Fsp3) is 0.625. The first kappa shape index (κ1) is 13.4. The van der Waals surface area contributed by atoms with Crippen molar-refractivity contribution in [2.45, 2.75) is 18.9 Å². The Morgan fingerprint density at radius 1 is 1.40 bits per heavy atom. The molecule has 0 aromatic carbocycles. The number of amides is 2. The molecule has 1 unspecified atom stereocenters. The molecule has 15 heavy (non-hydrogen) atoms. The van der Waals surface area contributed by atoms with Gasteiger partial charge in [0, 0.05) is 20.0 Å². The molecule has 86 valence electrons. The first-order chi connectivity index (χ1) is 6.97. The van der Waals surface area contributed by atoms with Crippen molar-refractivity contribution >= 4 is 17.8 Å². The average molecular weight is 217 g/mol. The van der Waals surface area contributed by atoms with Gasteiger partial charge in [-0.1, -0.05) is 0 Å². The fourth-order valence-electron chi connectivity index (χ4n) is 0.836. The maximum atomic E-state index is 11.1. The van der Waals surface area contributed by atoms with Crippen LogP contribution in [0, 0.1) is 0 Å². The minimum atomic E-state index is -1.14. The van der Waals surface area contributed by atoms with Crippen molar-refractivity contribution in [2.75, 3.05) is 13.6 Å². The normalized spacial score (nSPS) is 11.6. The minimum absolute atomic E-state index is 0.141. The summed E-state index contributed by atoms with van der Waals surface area (Å²) < 4.78 is 0. The largest absolute Gasteiger partial charge is 0.481 e. The van der Waals surface area contributed by atoms with Gasteiger partial charge >= 0.3 is 5.97 Å². The maximum Gasteiger partial charge on any atom is 0.305 e. The summed E-state index contributed by atoms with van der Waals surface area (Å²) in [6.45, 7) is 0.145. The summed E-state index contributed by atoms with van der Waals surface area (Å²) in [6.07, 6.45) is -0.284. The van der Waals surface area contributed by atoms with Gasteiger partial charge in [0.05, 0.1) is 12.5 Å². The molecule has 0 aromatic rings. The van der Waals surface area contributed by atoms with Gasteiger partial charge in [-0.25, -0.2) is 0 Å². The number of carboxylic acids is 1. The molecule has 0 spiro atoms. The van der Waals surface area contributed by atoms with Gasteiger partial charge < -0.3 is 21.5 Å². The number of carboxylic acid groups (broad SMARTS) is 1. The Morgan fingerprint density at radius 2 is 2.00 bits per heavy atom. The van der Waals surface area contributed by atoms with E-state index in [1.165, 1.54) is 7.05 Å². The molecule has 0 radical (unpaired) electrons. The van der Waals surface area contributed by atoms with Gasteiger partial charge in [-0.3, -0.25) is 14.4 Å². The van der Waals surface area contributed by atoms with E-state index in [-0.39, 0.29) is 18.9 Å². The fourth-order valence-corrected chi connectivity index (χ4v) is 0.836. The van der Waals surface area contributed by atoms with Gasteiger partial charge in [0.1, 0.15) is 0 Å². The van der Waals surface area contributed by atoms with E-state index in [9.17, 15) is 14.4 Å². The Hall–Kier alpha value is -1.63. The molecule has 1 atom stereocenters. The molecule has 7 heteroatoms. The highest BCUT2D eigenvalue weighted by molar-refractivity contribution is 5.86. The van der Waals surface area contributed by atoms with Crippen molar-refractivity contribution in [2.24, 2.45) is 5.73 Å². The quantitative estimate of drug-likeness (QED) is 0.411. The molecule has 0 fully saturated rings. The molecular weight excluding hydrogens is 202 g/mol. The maximum absolute atomic E-state index is 11.1. The lowest BCUT2D eigenvalue weighted by molar-refractivity contribution is -0.139. The smallest absolute Gasteiger partial charge is 0.305 e. The van der Waals surface area contributed by atoms with Crippen LogP contribution in [0.1, 0.15) is 12.8 Å². The van der Waals surface area contributed by atoms with Crippen LogP contribution in [0.2, 0.25) is 0 Å². The number of nitrogens with one attached hydrogen (secondary N) is 2. The second kappa shape index (κ2) is 6.77. The van der Waals surface area contributed by atoms with E-state index in [2.05, 4.69) is 10.6 Å². The van der Waals surface area contributed by atoms with Crippen LogP contribution < -0.4 is 16.4 Å². The molecule has 0 heterocycles. The third kappa shape index (κ3) is 6.44. The Balaban J connectivity index is 3.73. The second-order valence-electron chi connectivity index (χ2n) is 2.92. The number of hydrogen-bond acceptors (Lipinski definition) is 4. The Labute approximate surface area is 87.0 Å². The van der Waals surface area contributed by atoms with Gasteiger partial charge in [0.25, 0.3) is 0 Å². The summed E-state index contributed by atoms with van der Waals surface area (Å²) in [7, 11) is 1.49. The summed E-state index contributed by atoms with van der Waals surface area (Å²) in [4.78, 5) is 32.1. The number of nitrogens with two attached hydrogens (primary N) is 1. The van der Waals surface area contributed by atoms with Crippen molar-refractivity contribution in [1.29, 1.82) is 0 Å². The molecule has 0 saturated carbocycles. The highest BCUT2D eigenvalue weighted by atomic mass is 16.4. The lowest BCUT2D eigenvalue weighted by atomic mass is 10.2. The summed E-state index contributed by atoms with van der Waals surface area (Å²) in [5.74, 6) is -1.91. The summed E-state index contributed by atoms with van der Waals surface area (Å²) in [5, 5.41) is 13.1. The van der Waals surface area contributed by atoms with E-state index in [1.54, 1.807) is 0 Å². The van der Waals surface area contributed by atoms with E-state index >= 15 is 0 Å². The van der Waals surface area contributed by atoms with E-state index in [1.807, 2.05) is 0 Å². The number of carbonyl (C=O) groups excluding carboxylic acids is 2. The number of hydrogen-bond donors (Lipinski definition) is 4. The lowest BCUT2D eigenvalue weighted by Crippen LogP contribution is -2.42. The molecular formula is C8H15N3O4. The van der Waals surface area contributed by atoms with Crippen LogP contribution >= 0.6 is 0 Å². The van der Waals surface area contributed by atoms with Gasteiger partial charge in [-0.05, 0) is 0 Å². The van der Waals surface area contributed by atoms with Crippen LogP contribution in [0.3, 0.4) is 0 Å². The standard InChI is InChI=1S/C8H15N3O4/c1-10-6(12)2-3-11-8(15)5(9)4-7(13)14/h5H,2-4,9H2,1H3,(H,10,12)(H,11,15)(H,13,14). The number of aliphatic carboxylic acids is 1. The van der Waals surface area contributed by atoms with Gasteiger partial charge in [0.2, 0.25) is 11.8 Å². The first-order valence-electron chi connectivity index (χ1n) is 4.43. The lowest BCUT2D eigenvalue weighted by Gasteiger charge is -2.09. The van der Waals surface area contributed by atoms with E-state index < -0.39 is 24.3 Å². The summed E-state index contributed by atoms with van der Waals surface area (Å²) >= 11 is 0. The minimum Gasteiger partial charge on any atom is -0.481 e. The Kier molecular flexibility index (Phi) is 6.03. The van der Waals surface area contributed by atoms with Crippen molar-refractivity contribution in [3.05, 3.63) is 0 Å². The second-order valence-corrected chi connectivity index (χ2v) is 2.92. The van der Waals surface area contributed by atoms with Crippen LogP contribution in [0.5, 0.6) is 0 Å². The third-order valence-electron chi connectivity index (χ3n) is 1.66. The molecule has 0 aliphatic heterocycles. The first-order valence-corrected chi connectivity index (χ1v) is 4.43. The molecule has 0 aliphatic rings. The highest BCUT2D eigenvalue weighted by Crippen LogP contribution is 1.88. The number of rotatable bonds is 6. The zero-order valence-corrected chi connectivity index (χ0v) is 8.45. The van der Waals surface area contributed by atoms with E-state index in [0.717, 1.165) is 0 Å². The van der Waals surface area contributed by atoms with E-state index in [0.29, 0.717) is 0 Å². The molecule has 0 aliphatic carbocycles. The molecule has 0 rings (SSSR count). The number of carbonyl (C=O) groups is 3. The third-order valence-corrected chi connectivity index (χ3v) is 1.66. The van der Waals surface area contributed by atoms with Crippen LogP contribution in [-0.4, -0.2) is 42.5 Å². The summed E-state index contributed by atoms with van der Waals surface area (Å²) in [5.41, 5.74) is 5.27.